The summed E-state index contributed by atoms with van der Waals surface area (Å²) in [7, 11) is -4.09. The van der Waals surface area contributed by atoms with Gasteiger partial charge in [0.15, 0.2) is 0 Å². The highest BCUT2D eigenvalue weighted by Crippen LogP contribution is 2.27. The first-order chi connectivity index (χ1) is 7.27. The van der Waals surface area contributed by atoms with Crippen LogP contribution >= 0.6 is 23.2 Å². The first-order valence-corrected chi connectivity index (χ1v) is 6.10. The number of hydrogen-bond donors (Lipinski definition) is 3. The van der Waals surface area contributed by atoms with Gasteiger partial charge in [-0.2, -0.15) is 0 Å². The molecule has 0 atom stereocenters. The van der Waals surface area contributed by atoms with E-state index >= 15 is 0 Å². The molecule has 1 amide bonds. The standard InChI is InChI=1S/C7H7Cl2N3O3S/c8-4-1-3(7(13)12-10)6(2-5(4)9)16(11,14)15/h1-2H,10H2,(H,12,13)(H2,11,14,15). The second-order valence-corrected chi connectivity index (χ2v) is 5.13. The summed E-state index contributed by atoms with van der Waals surface area (Å²) in [5.74, 6) is 4.06. The molecule has 1 aromatic rings. The monoisotopic (exact) mass is 283 g/mol. The van der Waals surface area contributed by atoms with E-state index in [-0.39, 0.29) is 15.6 Å². The van der Waals surface area contributed by atoms with Crippen LogP contribution in [0.25, 0.3) is 0 Å². The summed E-state index contributed by atoms with van der Waals surface area (Å²) in [5, 5.41) is 4.91. The van der Waals surface area contributed by atoms with Crippen molar-refractivity contribution in [1.82, 2.24) is 5.43 Å². The van der Waals surface area contributed by atoms with Crippen LogP contribution in [0, 0.1) is 0 Å². The van der Waals surface area contributed by atoms with Gasteiger partial charge < -0.3 is 0 Å². The van der Waals surface area contributed by atoms with Gasteiger partial charge in [-0.1, -0.05) is 23.2 Å². The lowest BCUT2D eigenvalue weighted by Crippen LogP contribution is -2.32. The molecule has 0 heterocycles. The van der Waals surface area contributed by atoms with E-state index in [0.29, 0.717) is 0 Å². The van der Waals surface area contributed by atoms with Crippen molar-refractivity contribution in [3.05, 3.63) is 27.7 Å². The lowest BCUT2D eigenvalue weighted by atomic mass is 10.2. The van der Waals surface area contributed by atoms with Gasteiger partial charge >= 0.3 is 0 Å². The first kappa shape index (κ1) is 13.2. The Labute approximate surface area is 102 Å². The molecule has 16 heavy (non-hydrogen) atoms. The predicted molar refractivity (Wildman–Crippen MR) is 59.5 cm³/mol. The summed E-state index contributed by atoms with van der Waals surface area (Å²) in [4.78, 5) is 10.8. The van der Waals surface area contributed by atoms with Gasteiger partial charge in [-0.15, -0.1) is 0 Å². The van der Waals surface area contributed by atoms with E-state index in [1.807, 2.05) is 0 Å². The Kier molecular flexibility index (Phi) is 3.76. The van der Waals surface area contributed by atoms with E-state index in [9.17, 15) is 13.2 Å². The van der Waals surface area contributed by atoms with Gasteiger partial charge in [0.1, 0.15) is 0 Å². The maximum atomic E-state index is 11.3. The lowest BCUT2D eigenvalue weighted by molar-refractivity contribution is 0.0950. The second-order valence-electron chi connectivity index (χ2n) is 2.78. The van der Waals surface area contributed by atoms with Gasteiger partial charge in [-0.25, -0.2) is 19.4 Å². The van der Waals surface area contributed by atoms with Crippen molar-refractivity contribution >= 4 is 39.1 Å². The maximum Gasteiger partial charge on any atom is 0.266 e. The molecule has 88 valence electrons. The van der Waals surface area contributed by atoms with Crippen molar-refractivity contribution in [2.75, 3.05) is 0 Å². The van der Waals surface area contributed by atoms with Gasteiger partial charge in [0.25, 0.3) is 5.91 Å². The Morgan fingerprint density at radius 2 is 1.75 bits per heavy atom. The zero-order chi connectivity index (χ0) is 12.5. The molecular weight excluding hydrogens is 277 g/mol. The van der Waals surface area contributed by atoms with Gasteiger partial charge in [0.2, 0.25) is 10.0 Å². The summed E-state index contributed by atoms with van der Waals surface area (Å²) in [6, 6.07) is 2.07. The molecule has 1 rings (SSSR count). The van der Waals surface area contributed by atoms with Crippen molar-refractivity contribution in [2.24, 2.45) is 11.0 Å². The van der Waals surface area contributed by atoms with Gasteiger partial charge in [-0.3, -0.25) is 10.2 Å². The van der Waals surface area contributed by atoms with Crippen LogP contribution in [-0.2, 0) is 10.0 Å². The molecule has 0 fully saturated rings. The normalized spacial score (nSPS) is 11.2. The molecule has 0 aliphatic rings. The highest BCUT2D eigenvalue weighted by molar-refractivity contribution is 7.89. The molecule has 0 aliphatic carbocycles. The number of primary sulfonamides is 1. The number of amides is 1. The molecule has 0 aromatic heterocycles. The van der Waals surface area contributed by atoms with Crippen LogP contribution in [0.15, 0.2) is 17.0 Å². The van der Waals surface area contributed by atoms with Crippen LogP contribution in [0.1, 0.15) is 10.4 Å². The number of benzene rings is 1. The van der Waals surface area contributed by atoms with E-state index in [0.717, 1.165) is 12.1 Å². The third kappa shape index (κ3) is 2.63. The Hall–Kier alpha value is -0.860. The van der Waals surface area contributed by atoms with Crippen molar-refractivity contribution < 1.29 is 13.2 Å². The minimum atomic E-state index is -4.09. The Balaban J connectivity index is 3.58. The van der Waals surface area contributed by atoms with Crippen LogP contribution in [0.5, 0.6) is 0 Å². The van der Waals surface area contributed by atoms with E-state index in [2.05, 4.69) is 0 Å². The van der Waals surface area contributed by atoms with Crippen molar-refractivity contribution in [2.45, 2.75) is 4.90 Å². The number of hydrazine groups is 1. The van der Waals surface area contributed by atoms with E-state index < -0.39 is 20.8 Å². The molecule has 0 bridgehead atoms. The zero-order valence-electron chi connectivity index (χ0n) is 7.70. The fourth-order valence-corrected chi connectivity index (χ4v) is 2.15. The molecule has 0 spiro atoms. The summed E-state index contributed by atoms with van der Waals surface area (Å²) < 4.78 is 22.4. The van der Waals surface area contributed by atoms with E-state index in [4.69, 9.17) is 34.2 Å². The molecule has 0 aliphatic heterocycles. The van der Waals surface area contributed by atoms with Crippen LogP contribution < -0.4 is 16.4 Å². The van der Waals surface area contributed by atoms with Crippen LogP contribution in [-0.4, -0.2) is 14.3 Å². The minimum Gasteiger partial charge on any atom is -0.290 e. The summed E-state index contributed by atoms with van der Waals surface area (Å²) in [5.41, 5.74) is 1.52. The maximum absolute atomic E-state index is 11.3. The highest BCUT2D eigenvalue weighted by Gasteiger charge is 2.21. The number of nitrogens with one attached hydrogen (secondary N) is 1. The molecule has 1 aromatic carbocycles. The molecule has 9 heteroatoms. The van der Waals surface area contributed by atoms with Crippen molar-refractivity contribution in [1.29, 1.82) is 0 Å². The van der Waals surface area contributed by atoms with Gasteiger partial charge in [0.05, 0.1) is 20.5 Å². The molecular formula is C7H7Cl2N3O3S. The second kappa shape index (κ2) is 4.56. The zero-order valence-corrected chi connectivity index (χ0v) is 10.0. The predicted octanol–water partition coefficient (Wildman–Crippen LogP) is 0.244. The number of sulfonamides is 1. The minimum absolute atomic E-state index is 0.0210. The van der Waals surface area contributed by atoms with E-state index in [1.54, 1.807) is 5.43 Å². The lowest BCUT2D eigenvalue weighted by Gasteiger charge is -2.07. The number of halogens is 2. The smallest absolute Gasteiger partial charge is 0.266 e. The number of hydrogen-bond acceptors (Lipinski definition) is 4. The number of nitrogen functional groups attached to an aromatic ring is 1. The van der Waals surface area contributed by atoms with Crippen LogP contribution in [0.2, 0.25) is 10.0 Å². The quantitative estimate of drug-likeness (QED) is 0.410. The fraction of sp³-hybridized carbons (Fsp3) is 0. The summed E-state index contributed by atoms with van der Waals surface area (Å²) in [6.45, 7) is 0. The summed E-state index contributed by atoms with van der Waals surface area (Å²) >= 11 is 11.3. The Morgan fingerprint density at radius 3 is 2.19 bits per heavy atom. The van der Waals surface area contributed by atoms with Crippen LogP contribution in [0.4, 0.5) is 0 Å². The topological polar surface area (TPSA) is 115 Å². The highest BCUT2D eigenvalue weighted by atomic mass is 35.5. The van der Waals surface area contributed by atoms with Gasteiger partial charge in [-0.05, 0) is 12.1 Å². The van der Waals surface area contributed by atoms with E-state index in [1.165, 1.54) is 0 Å². The largest absolute Gasteiger partial charge is 0.290 e. The number of carbonyl (C=O) groups excluding carboxylic acids is 1. The first-order valence-electron chi connectivity index (χ1n) is 3.80. The summed E-state index contributed by atoms with van der Waals surface area (Å²) in [6.07, 6.45) is 0. The van der Waals surface area contributed by atoms with Crippen molar-refractivity contribution in [3.63, 3.8) is 0 Å². The fourth-order valence-electron chi connectivity index (χ4n) is 1.02. The Morgan fingerprint density at radius 1 is 1.25 bits per heavy atom. The van der Waals surface area contributed by atoms with Crippen molar-refractivity contribution in [3.8, 4) is 0 Å². The molecule has 0 saturated carbocycles. The average Bonchev–Trinajstić information content (AvgIpc) is 2.18. The molecule has 6 nitrogen and oxygen atoms in total. The Bertz CT molecular complexity index is 544. The number of carbonyl (C=O) groups is 1. The average molecular weight is 284 g/mol. The third-order valence-corrected chi connectivity index (χ3v) is 3.38. The number of nitrogens with two attached hydrogens (primary N) is 2. The third-order valence-electron chi connectivity index (χ3n) is 1.70. The molecule has 0 saturated heterocycles. The van der Waals surface area contributed by atoms with Gasteiger partial charge in [0, 0.05) is 0 Å². The number of rotatable bonds is 2. The molecule has 0 radical (unpaired) electrons. The SMILES string of the molecule is NNC(=O)c1cc(Cl)c(Cl)cc1S(N)(=O)=O. The molecule has 5 N–H and O–H groups in total. The van der Waals surface area contributed by atoms with Crippen LogP contribution in [0.3, 0.4) is 0 Å². The molecule has 0 unspecified atom stereocenters.